The lowest BCUT2D eigenvalue weighted by molar-refractivity contribution is 1.33. The highest BCUT2D eigenvalue weighted by Crippen LogP contribution is 2.22. The SMILES string of the molecule is Cc1cccc(C)c1C(=[SiH2])c1c(C)cccc1C. The standard InChI is InChI=1S/C17H20Si/c1-11-7-5-8-12(2)15(11)17(18)16-13(3)9-6-10-14(16)4/h5-10H,18H2,1-4H3. The van der Waals surface area contributed by atoms with Crippen LogP contribution in [0, 0.1) is 27.7 Å². The van der Waals surface area contributed by atoms with Gasteiger partial charge in [0.1, 0.15) is 0 Å². The van der Waals surface area contributed by atoms with Crippen molar-refractivity contribution in [2.24, 2.45) is 0 Å². The zero-order chi connectivity index (χ0) is 13.3. The lowest BCUT2D eigenvalue weighted by Gasteiger charge is -2.17. The molecule has 1 heteroatoms. The molecule has 0 amide bonds. The molecule has 2 aromatic carbocycles. The zero-order valence-electron chi connectivity index (χ0n) is 11.7. The second-order valence-electron chi connectivity index (χ2n) is 5.01. The van der Waals surface area contributed by atoms with E-state index < -0.39 is 0 Å². The fourth-order valence-corrected chi connectivity index (χ4v) is 3.82. The summed E-state index contributed by atoms with van der Waals surface area (Å²) in [5.41, 5.74) is 8.28. The molecular weight excluding hydrogens is 232 g/mol. The first-order valence-electron chi connectivity index (χ1n) is 6.34. The van der Waals surface area contributed by atoms with Gasteiger partial charge in [0.2, 0.25) is 0 Å². The van der Waals surface area contributed by atoms with Crippen molar-refractivity contribution in [1.29, 1.82) is 0 Å². The molecule has 0 spiro atoms. The van der Waals surface area contributed by atoms with E-state index in [1.807, 2.05) is 9.85 Å². The molecule has 0 nitrogen and oxygen atoms in total. The van der Waals surface area contributed by atoms with Crippen LogP contribution in [0.5, 0.6) is 0 Å². The highest BCUT2D eigenvalue weighted by molar-refractivity contribution is 6.50. The fourth-order valence-electron chi connectivity index (χ4n) is 2.71. The summed E-state index contributed by atoms with van der Waals surface area (Å²) in [6.07, 6.45) is 0. The topological polar surface area (TPSA) is 0 Å². The Bertz CT molecular complexity index is 515. The van der Waals surface area contributed by atoms with E-state index >= 15 is 0 Å². The van der Waals surface area contributed by atoms with Crippen LogP contribution in [0.3, 0.4) is 0 Å². The molecule has 0 saturated heterocycles. The van der Waals surface area contributed by atoms with Crippen LogP contribution in [0.2, 0.25) is 0 Å². The Morgan fingerprint density at radius 1 is 0.667 bits per heavy atom. The van der Waals surface area contributed by atoms with Crippen molar-refractivity contribution >= 4 is 15.0 Å². The Morgan fingerprint density at radius 2 is 0.944 bits per heavy atom. The van der Waals surface area contributed by atoms with Crippen molar-refractivity contribution in [2.45, 2.75) is 27.7 Å². The van der Waals surface area contributed by atoms with E-state index in [0.29, 0.717) is 0 Å². The van der Waals surface area contributed by atoms with E-state index in [1.54, 1.807) is 0 Å². The second kappa shape index (κ2) is 5.03. The van der Waals surface area contributed by atoms with Crippen molar-refractivity contribution < 1.29 is 0 Å². The maximum Gasteiger partial charge on any atom is -0.0123 e. The Labute approximate surface area is 113 Å². The van der Waals surface area contributed by atoms with Crippen molar-refractivity contribution in [3.63, 3.8) is 0 Å². The first kappa shape index (κ1) is 13.0. The Kier molecular flexibility index (Phi) is 3.62. The molecule has 0 atom stereocenters. The van der Waals surface area contributed by atoms with Crippen LogP contribution in [0.25, 0.3) is 0 Å². The minimum Gasteiger partial charge on any atom is -0.0617 e. The number of rotatable bonds is 2. The molecule has 0 aliphatic rings. The first-order valence-corrected chi connectivity index (χ1v) is 7.05. The summed E-state index contributed by atoms with van der Waals surface area (Å²) < 4.78 is 0. The van der Waals surface area contributed by atoms with Crippen LogP contribution < -0.4 is 0 Å². The molecule has 0 unspecified atom stereocenters. The summed E-state index contributed by atoms with van der Waals surface area (Å²) in [6, 6.07) is 13.1. The number of benzene rings is 2. The molecule has 0 fully saturated rings. The highest BCUT2D eigenvalue weighted by Gasteiger charge is 2.11. The predicted octanol–water partition coefficient (Wildman–Crippen LogP) is 3.12. The largest absolute Gasteiger partial charge is 0.0617 e. The zero-order valence-corrected chi connectivity index (χ0v) is 13.1. The van der Waals surface area contributed by atoms with Gasteiger partial charge in [0.15, 0.2) is 0 Å². The van der Waals surface area contributed by atoms with Gasteiger partial charge in [-0.05, 0) is 76.1 Å². The van der Waals surface area contributed by atoms with E-state index in [1.165, 1.54) is 38.5 Å². The molecule has 0 radical (unpaired) electrons. The molecule has 2 rings (SSSR count). The van der Waals surface area contributed by atoms with E-state index in [9.17, 15) is 0 Å². The van der Waals surface area contributed by atoms with Gasteiger partial charge in [0, 0.05) is 0 Å². The molecule has 0 aliphatic heterocycles. The van der Waals surface area contributed by atoms with Gasteiger partial charge >= 0.3 is 0 Å². The molecule has 18 heavy (non-hydrogen) atoms. The Hall–Kier alpha value is -1.47. The first-order chi connectivity index (χ1) is 8.52. The molecule has 2 aromatic rings. The van der Waals surface area contributed by atoms with Gasteiger partial charge in [-0.25, -0.2) is 0 Å². The van der Waals surface area contributed by atoms with Gasteiger partial charge in [-0.2, -0.15) is 0 Å². The van der Waals surface area contributed by atoms with Crippen molar-refractivity contribution in [3.8, 4) is 0 Å². The summed E-state index contributed by atoms with van der Waals surface area (Å²) in [6.45, 7) is 8.79. The quantitative estimate of drug-likeness (QED) is 0.720. The average Bonchev–Trinajstić information content (AvgIpc) is 2.28. The van der Waals surface area contributed by atoms with Gasteiger partial charge in [-0.3, -0.25) is 0 Å². The van der Waals surface area contributed by atoms with Crippen LogP contribution in [-0.2, 0) is 0 Å². The van der Waals surface area contributed by atoms with Gasteiger partial charge in [-0.1, -0.05) is 36.4 Å². The van der Waals surface area contributed by atoms with Crippen LogP contribution in [-0.4, -0.2) is 15.0 Å². The van der Waals surface area contributed by atoms with E-state index in [0.717, 1.165) is 0 Å². The lowest BCUT2D eigenvalue weighted by atomic mass is 9.91. The summed E-state index contributed by atoms with van der Waals surface area (Å²) in [7, 11) is 2.01. The third-order valence-electron chi connectivity index (χ3n) is 3.57. The van der Waals surface area contributed by atoms with E-state index in [-0.39, 0.29) is 0 Å². The molecule has 0 saturated carbocycles. The average molecular weight is 252 g/mol. The van der Waals surface area contributed by atoms with Gasteiger partial charge in [0.05, 0.1) is 0 Å². The highest BCUT2D eigenvalue weighted by atomic mass is 28.1. The molecule has 0 heterocycles. The molecule has 0 N–H and O–H groups in total. The third-order valence-corrected chi connectivity index (χ3v) is 4.27. The van der Waals surface area contributed by atoms with Gasteiger partial charge in [0.25, 0.3) is 0 Å². The molecule has 92 valence electrons. The summed E-state index contributed by atoms with van der Waals surface area (Å²) in [5, 5.41) is 1.42. The number of hydrogen-bond donors (Lipinski definition) is 0. The minimum atomic E-state index is 1.36. The molecular formula is C17H20Si. The second-order valence-corrected chi connectivity index (χ2v) is 5.72. The van der Waals surface area contributed by atoms with Crippen molar-refractivity contribution in [3.05, 3.63) is 69.8 Å². The monoisotopic (exact) mass is 252 g/mol. The van der Waals surface area contributed by atoms with E-state index in [4.69, 9.17) is 0 Å². The number of hydrogen-bond acceptors (Lipinski definition) is 0. The maximum absolute atomic E-state index is 2.20. The predicted molar refractivity (Wildman–Crippen MR) is 83.6 cm³/mol. The van der Waals surface area contributed by atoms with Crippen molar-refractivity contribution in [1.82, 2.24) is 0 Å². The third kappa shape index (κ3) is 2.23. The van der Waals surface area contributed by atoms with Crippen LogP contribution in [0.4, 0.5) is 0 Å². The molecule has 0 aliphatic carbocycles. The van der Waals surface area contributed by atoms with Crippen LogP contribution >= 0.6 is 0 Å². The van der Waals surface area contributed by atoms with Crippen molar-refractivity contribution in [2.75, 3.05) is 0 Å². The van der Waals surface area contributed by atoms with Gasteiger partial charge in [-0.15, -0.1) is 0 Å². The normalized spacial score (nSPS) is 10.4. The summed E-state index contributed by atoms with van der Waals surface area (Å²) >= 11 is 0. The number of aryl methyl sites for hydroxylation is 4. The minimum absolute atomic E-state index is 1.36. The smallest absolute Gasteiger partial charge is 0.0123 e. The van der Waals surface area contributed by atoms with Crippen LogP contribution in [0.1, 0.15) is 33.4 Å². The van der Waals surface area contributed by atoms with Crippen LogP contribution in [0.15, 0.2) is 36.4 Å². The van der Waals surface area contributed by atoms with Gasteiger partial charge < -0.3 is 0 Å². The molecule has 0 aromatic heterocycles. The molecule has 0 bridgehead atoms. The summed E-state index contributed by atoms with van der Waals surface area (Å²) in [5.74, 6) is 0. The lowest BCUT2D eigenvalue weighted by Crippen LogP contribution is -2.11. The fraction of sp³-hybridized carbons (Fsp3) is 0.235. The Morgan fingerprint density at radius 3 is 1.22 bits per heavy atom. The maximum atomic E-state index is 2.20. The summed E-state index contributed by atoms with van der Waals surface area (Å²) in [4.78, 5) is 0. The van der Waals surface area contributed by atoms with E-state index in [2.05, 4.69) is 64.1 Å². The Balaban J connectivity index is 2.63.